The van der Waals surface area contributed by atoms with Crippen molar-refractivity contribution in [3.8, 4) is 0 Å². The second-order valence-electron chi connectivity index (χ2n) is 4.02. The minimum Gasteiger partial charge on any atom is -0.0683 e. The minimum atomic E-state index is 1.22. The smallest absolute Gasteiger partial charge is 0.0279 e. The molecule has 0 unspecified atom stereocenters. The third-order valence-electron chi connectivity index (χ3n) is 2.63. The fourth-order valence-electron chi connectivity index (χ4n) is 1.74. The van der Waals surface area contributed by atoms with E-state index in [0.717, 1.165) is 0 Å². The average molecular weight is 220 g/mol. The molecule has 0 fully saturated rings. The summed E-state index contributed by atoms with van der Waals surface area (Å²) in [6.07, 6.45) is 7.72. The quantitative estimate of drug-likeness (QED) is 0.563. The monoisotopic (exact) mass is 220 g/mol. The molecule has 0 aromatic heterocycles. The Bertz CT molecular complexity index is 233. The number of hydrogen-bond acceptors (Lipinski definition) is 0. The van der Waals surface area contributed by atoms with Gasteiger partial charge < -0.3 is 0 Å². The molecular formula is C16H28. The molecule has 1 aromatic rings. The minimum absolute atomic E-state index is 1.22. The van der Waals surface area contributed by atoms with Crippen molar-refractivity contribution in [2.24, 2.45) is 0 Å². The van der Waals surface area contributed by atoms with Crippen LogP contribution in [0.5, 0.6) is 0 Å². The van der Waals surface area contributed by atoms with Crippen molar-refractivity contribution in [1.82, 2.24) is 0 Å². The first kappa shape index (κ1) is 15.2. The molecular weight excluding hydrogens is 192 g/mol. The maximum atomic E-state index is 2.29. The van der Waals surface area contributed by atoms with Crippen LogP contribution in [-0.4, -0.2) is 0 Å². The molecule has 0 N–H and O–H groups in total. The summed E-state index contributed by atoms with van der Waals surface area (Å²) in [7, 11) is 0. The van der Waals surface area contributed by atoms with Crippen LogP contribution in [0.25, 0.3) is 0 Å². The van der Waals surface area contributed by atoms with Gasteiger partial charge in [-0.15, -0.1) is 0 Å². The van der Waals surface area contributed by atoms with Gasteiger partial charge in [-0.2, -0.15) is 0 Å². The van der Waals surface area contributed by atoms with Crippen LogP contribution >= 0.6 is 0 Å². The zero-order chi connectivity index (χ0) is 12.2. The highest BCUT2D eigenvalue weighted by Crippen LogP contribution is 2.09. The van der Waals surface area contributed by atoms with E-state index in [1.165, 1.54) is 49.7 Å². The van der Waals surface area contributed by atoms with Crippen LogP contribution in [0.3, 0.4) is 0 Å². The highest BCUT2D eigenvalue weighted by Gasteiger charge is 1.94. The van der Waals surface area contributed by atoms with Gasteiger partial charge in [0.1, 0.15) is 0 Å². The van der Waals surface area contributed by atoms with Crippen LogP contribution < -0.4 is 0 Å². The molecule has 0 spiro atoms. The molecule has 0 amide bonds. The number of benzene rings is 1. The summed E-state index contributed by atoms with van der Waals surface area (Å²) in [6, 6.07) is 9.15. The van der Waals surface area contributed by atoms with Crippen molar-refractivity contribution < 1.29 is 0 Å². The number of aryl methyl sites for hydroxylation is 2. The normalized spacial score (nSPS) is 9.50. The molecule has 0 aliphatic heterocycles. The van der Waals surface area contributed by atoms with Gasteiger partial charge in [-0.1, -0.05) is 71.2 Å². The lowest BCUT2D eigenvalue weighted by molar-refractivity contribution is 0.717. The molecule has 0 bridgehead atoms. The number of unbranched alkanes of at least 4 members (excludes halogenated alkanes) is 2. The van der Waals surface area contributed by atoms with E-state index in [1.54, 1.807) is 0 Å². The lowest BCUT2D eigenvalue weighted by atomic mass is 10.0. The van der Waals surface area contributed by atoms with Crippen LogP contribution in [0.4, 0.5) is 0 Å². The van der Waals surface area contributed by atoms with Gasteiger partial charge in [-0.25, -0.2) is 0 Å². The zero-order valence-corrected chi connectivity index (χ0v) is 11.6. The highest BCUT2D eigenvalue weighted by atomic mass is 14.0. The van der Waals surface area contributed by atoms with E-state index < -0.39 is 0 Å². The Labute approximate surface area is 102 Å². The van der Waals surface area contributed by atoms with Crippen molar-refractivity contribution in [2.75, 3.05) is 0 Å². The zero-order valence-electron chi connectivity index (χ0n) is 11.6. The summed E-state index contributed by atoms with van der Waals surface area (Å²) in [4.78, 5) is 0. The van der Waals surface area contributed by atoms with Gasteiger partial charge in [-0.05, 0) is 30.4 Å². The van der Waals surface area contributed by atoms with Gasteiger partial charge in [0.2, 0.25) is 0 Å². The van der Waals surface area contributed by atoms with Crippen LogP contribution in [-0.2, 0) is 12.8 Å². The SMILES string of the molecule is CC.CCCCCc1ccc(CCC)cc1. The first-order valence-electron chi connectivity index (χ1n) is 6.94. The summed E-state index contributed by atoms with van der Waals surface area (Å²) >= 11 is 0. The number of rotatable bonds is 6. The second kappa shape index (κ2) is 10.7. The molecule has 0 saturated carbocycles. The summed E-state index contributed by atoms with van der Waals surface area (Å²) in [5.41, 5.74) is 2.98. The molecule has 0 atom stereocenters. The van der Waals surface area contributed by atoms with Crippen molar-refractivity contribution in [3.05, 3.63) is 35.4 Å². The van der Waals surface area contributed by atoms with E-state index in [0.29, 0.717) is 0 Å². The third kappa shape index (κ3) is 6.66. The predicted molar refractivity (Wildman–Crippen MR) is 75.0 cm³/mol. The Morgan fingerprint density at radius 3 is 1.62 bits per heavy atom. The fourth-order valence-corrected chi connectivity index (χ4v) is 1.74. The average Bonchev–Trinajstić information content (AvgIpc) is 2.35. The Kier molecular flexibility index (Phi) is 10.2. The maximum absolute atomic E-state index is 2.29. The van der Waals surface area contributed by atoms with Gasteiger partial charge in [0.05, 0.1) is 0 Å². The Morgan fingerprint density at radius 2 is 1.19 bits per heavy atom. The summed E-state index contributed by atoms with van der Waals surface area (Å²) in [6.45, 7) is 8.49. The van der Waals surface area contributed by atoms with Crippen LogP contribution in [0.1, 0.15) is 64.5 Å². The molecule has 1 rings (SSSR count). The second-order valence-corrected chi connectivity index (χ2v) is 4.02. The van der Waals surface area contributed by atoms with Crippen molar-refractivity contribution in [3.63, 3.8) is 0 Å². The standard InChI is InChI=1S/C14H22.C2H6/c1-3-5-6-8-14-11-9-13(7-4-2)10-12-14;1-2/h9-12H,3-8H2,1-2H3;1-2H3. The van der Waals surface area contributed by atoms with Crippen LogP contribution in [0.2, 0.25) is 0 Å². The molecule has 0 radical (unpaired) electrons. The fraction of sp³-hybridized carbons (Fsp3) is 0.625. The summed E-state index contributed by atoms with van der Waals surface area (Å²) in [5.74, 6) is 0. The van der Waals surface area contributed by atoms with Gasteiger partial charge in [-0.3, -0.25) is 0 Å². The Balaban J connectivity index is 0.00000106. The van der Waals surface area contributed by atoms with Crippen LogP contribution in [0, 0.1) is 0 Å². The molecule has 0 saturated heterocycles. The first-order chi connectivity index (χ1) is 7.86. The molecule has 0 aliphatic carbocycles. The van der Waals surface area contributed by atoms with Gasteiger partial charge in [0.15, 0.2) is 0 Å². The molecule has 16 heavy (non-hydrogen) atoms. The van der Waals surface area contributed by atoms with Gasteiger partial charge in [0.25, 0.3) is 0 Å². The molecule has 0 heteroatoms. The molecule has 1 aromatic carbocycles. The summed E-state index contributed by atoms with van der Waals surface area (Å²) < 4.78 is 0. The summed E-state index contributed by atoms with van der Waals surface area (Å²) in [5, 5.41) is 0. The van der Waals surface area contributed by atoms with E-state index in [9.17, 15) is 0 Å². The van der Waals surface area contributed by atoms with E-state index >= 15 is 0 Å². The Morgan fingerprint density at radius 1 is 0.688 bits per heavy atom. The molecule has 0 aliphatic rings. The predicted octanol–water partition coefficient (Wildman–Crippen LogP) is 5.40. The first-order valence-corrected chi connectivity index (χ1v) is 6.94. The topological polar surface area (TPSA) is 0 Å². The number of hydrogen-bond donors (Lipinski definition) is 0. The van der Waals surface area contributed by atoms with E-state index in [4.69, 9.17) is 0 Å². The van der Waals surface area contributed by atoms with Crippen LogP contribution in [0.15, 0.2) is 24.3 Å². The van der Waals surface area contributed by atoms with Crippen molar-refractivity contribution in [2.45, 2.75) is 66.2 Å². The third-order valence-corrected chi connectivity index (χ3v) is 2.63. The van der Waals surface area contributed by atoms with E-state index in [-0.39, 0.29) is 0 Å². The molecule has 92 valence electrons. The highest BCUT2D eigenvalue weighted by molar-refractivity contribution is 5.22. The van der Waals surface area contributed by atoms with E-state index in [1.807, 2.05) is 13.8 Å². The molecule has 0 heterocycles. The molecule has 0 nitrogen and oxygen atoms in total. The largest absolute Gasteiger partial charge is 0.0683 e. The lowest BCUT2D eigenvalue weighted by Crippen LogP contribution is -1.87. The van der Waals surface area contributed by atoms with Gasteiger partial charge >= 0.3 is 0 Å². The van der Waals surface area contributed by atoms with Gasteiger partial charge in [0, 0.05) is 0 Å². The van der Waals surface area contributed by atoms with Crippen molar-refractivity contribution in [1.29, 1.82) is 0 Å². The maximum Gasteiger partial charge on any atom is -0.0279 e. The Hall–Kier alpha value is -0.780. The lowest BCUT2D eigenvalue weighted by Gasteiger charge is -2.02. The van der Waals surface area contributed by atoms with E-state index in [2.05, 4.69) is 38.1 Å². The van der Waals surface area contributed by atoms with Crippen molar-refractivity contribution >= 4 is 0 Å².